The number of halogens is 1. The number of anilines is 1. The van der Waals surface area contributed by atoms with E-state index in [0.29, 0.717) is 19.1 Å². The molecular formula is C21H26FN7O4. The Hall–Kier alpha value is -3.38. The molecule has 12 heteroatoms. The number of non-ortho nitro benzene ring substituents is 1. The molecule has 1 aromatic carbocycles. The third-order valence-corrected chi connectivity index (χ3v) is 6.02. The number of nitro benzene ring substituents is 1. The molecule has 0 saturated carbocycles. The molecule has 176 valence electrons. The van der Waals surface area contributed by atoms with E-state index in [-0.39, 0.29) is 29.2 Å². The van der Waals surface area contributed by atoms with Crippen molar-refractivity contribution in [1.82, 2.24) is 24.7 Å². The summed E-state index contributed by atoms with van der Waals surface area (Å²) in [4.78, 5) is 37.2. The van der Waals surface area contributed by atoms with Gasteiger partial charge in [0.25, 0.3) is 5.69 Å². The minimum Gasteiger partial charge on any atom is -0.436 e. The van der Waals surface area contributed by atoms with Crippen molar-refractivity contribution in [3.63, 3.8) is 0 Å². The number of likely N-dealkylation sites (tertiary alicyclic amines) is 1. The highest BCUT2D eigenvalue weighted by atomic mass is 19.1. The average Bonchev–Trinajstić information content (AvgIpc) is 2.81. The number of aromatic nitrogens is 2. The number of piperidine rings is 1. The van der Waals surface area contributed by atoms with Gasteiger partial charge in [-0.1, -0.05) is 0 Å². The minimum atomic E-state index is -0.893. The fourth-order valence-electron chi connectivity index (χ4n) is 4.10. The molecule has 2 aromatic rings. The molecule has 11 nitrogen and oxygen atoms in total. The van der Waals surface area contributed by atoms with E-state index in [9.17, 15) is 19.3 Å². The van der Waals surface area contributed by atoms with E-state index in [2.05, 4.69) is 32.1 Å². The zero-order valence-corrected chi connectivity index (χ0v) is 18.3. The molecule has 2 saturated heterocycles. The van der Waals surface area contributed by atoms with Gasteiger partial charge in [0.2, 0.25) is 5.88 Å². The summed E-state index contributed by atoms with van der Waals surface area (Å²) < 4.78 is 19.5. The maximum atomic E-state index is 14.1. The number of piperazine rings is 1. The summed E-state index contributed by atoms with van der Waals surface area (Å²) in [6.45, 7) is 5.13. The number of nitrogens with one attached hydrogen (secondary N) is 1. The Morgan fingerprint density at radius 2 is 1.88 bits per heavy atom. The predicted octanol–water partition coefficient (Wildman–Crippen LogP) is 2.56. The highest BCUT2D eigenvalue weighted by Gasteiger charge is 2.28. The first-order valence-electron chi connectivity index (χ1n) is 10.8. The van der Waals surface area contributed by atoms with Crippen LogP contribution in [0.2, 0.25) is 0 Å². The predicted molar refractivity (Wildman–Crippen MR) is 118 cm³/mol. The SMILES string of the molecule is CN1CCC(N2CCN(C(=O)Nc3cc(Oc4ccc([N+](=O)[O-])cc4F)ncn3)CC2)CC1. The summed E-state index contributed by atoms with van der Waals surface area (Å²) in [7, 11) is 2.14. The van der Waals surface area contributed by atoms with E-state index in [4.69, 9.17) is 4.74 Å². The third kappa shape index (κ3) is 5.71. The summed E-state index contributed by atoms with van der Waals surface area (Å²) in [5.74, 6) is -0.900. The zero-order chi connectivity index (χ0) is 23.4. The second-order valence-corrected chi connectivity index (χ2v) is 8.20. The molecule has 33 heavy (non-hydrogen) atoms. The van der Waals surface area contributed by atoms with Crippen LogP contribution in [0.25, 0.3) is 0 Å². The van der Waals surface area contributed by atoms with Gasteiger partial charge in [-0.2, -0.15) is 0 Å². The summed E-state index contributed by atoms with van der Waals surface area (Å²) in [5, 5.41) is 13.5. The summed E-state index contributed by atoms with van der Waals surface area (Å²) in [6.07, 6.45) is 3.50. The van der Waals surface area contributed by atoms with Gasteiger partial charge in [-0.3, -0.25) is 20.3 Å². The normalized spacial score (nSPS) is 18.2. The van der Waals surface area contributed by atoms with Gasteiger partial charge in [-0.15, -0.1) is 0 Å². The van der Waals surface area contributed by atoms with E-state index in [1.165, 1.54) is 12.4 Å². The Morgan fingerprint density at radius 1 is 1.15 bits per heavy atom. The smallest absolute Gasteiger partial charge is 0.323 e. The van der Waals surface area contributed by atoms with E-state index < -0.39 is 10.7 Å². The molecule has 0 aliphatic carbocycles. The lowest BCUT2D eigenvalue weighted by Crippen LogP contribution is -2.54. The molecule has 0 bridgehead atoms. The molecule has 2 aliphatic rings. The van der Waals surface area contributed by atoms with Gasteiger partial charge < -0.3 is 14.5 Å². The van der Waals surface area contributed by atoms with Crippen LogP contribution < -0.4 is 10.1 Å². The molecule has 0 atom stereocenters. The van der Waals surface area contributed by atoms with Crippen LogP contribution in [0, 0.1) is 15.9 Å². The highest BCUT2D eigenvalue weighted by molar-refractivity contribution is 5.88. The van der Waals surface area contributed by atoms with Crippen molar-refractivity contribution >= 4 is 17.5 Å². The largest absolute Gasteiger partial charge is 0.436 e. The molecule has 2 amide bonds. The lowest BCUT2D eigenvalue weighted by molar-refractivity contribution is -0.385. The van der Waals surface area contributed by atoms with Crippen molar-refractivity contribution < 1.29 is 18.8 Å². The number of nitro groups is 1. The molecule has 1 aromatic heterocycles. The molecule has 4 rings (SSSR count). The first-order valence-corrected chi connectivity index (χ1v) is 10.8. The standard InChI is InChI=1S/C21H26FN7O4/c1-26-6-4-15(5-7-26)27-8-10-28(11-9-27)21(30)25-19-13-20(24-14-23-19)33-18-3-2-16(29(31)32)12-17(18)22/h2-3,12-15H,4-11H2,1H3,(H,23,24,25,30). The lowest BCUT2D eigenvalue weighted by atomic mass is 10.0. The Bertz CT molecular complexity index is 1010. The number of benzene rings is 1. The first-order chi connectivity index (χ1) is 15.9. The summed E-state index contributed by atoms with van der Waals surface area (Å²) >= 11 is 0. The molecule has 0 spiro atoms. The van der Waals surface area contributed by atoms with Crippen LogP contribution in [0.4, 0.5) is 20.7 Å². The van der Waals surface area contributed by atoms with Crippen molar-refractivity contribution in [2.24, 2.45) is 0 Å². The number of rotatable bonds is 5. The van der Waals surface area contributed by atoms with Crippen LogP contribution in [0.5, 0.6) is 11.6 Å². The third-order valence-electron chi connectivity index (χ3n) is 6.02. The molecule has 3 heterocycles. The van der Waals surface area contributed by atoms with Crippen molar-refractivity contribution in [2.45, 2.75) is 18.9 Å². The molecule has 2 fully saturated rings. The maximum absolute atomic E-state index is 14.1. The van der Waals surface area contributed by atoms with Crippen LogP contribution in [0.1, 0.15) is 12.8 Å². The molecule has 0 unspecified atom stereocenters. The topological polar surface area (TPSA) is 117 Å². The van der Waals surface area contributed by atoms with Crippen molar-refractivity contribution in [3.8, 4) is 11.6 Å². The summed E-state index contributed by atoms with van der Waals surface area (Å²) in [6, 6.07) is 4.72. The van der Waals surface area contributed by atoms with E-state index >= 15 is 0 Å². The van der Waals surface area contributed by atoms with Crippen LogP contribution in [-0.4, -0.2) is 88.0 Å². The van der Waals surface area contributed by atoms with E-state index in [1.807, 2.05) is 0 Å². The van der Waals surface area contributed by atoms with Crippen LogP contribution in [0.3, 0.4) is 0 Å². The maximum Gasteiger partial charge on any atom is 0.323 e. The monoisotopic (exact) mass is 459 g/mol. The number of ether oxygens (including phenoxy) is 1. The van der Waals surface area contributed by atoms with Gasteiger partial charge in [-0.25, -0.2) is 19.2 Å². The van der Waals surface area contributed by atoms with Crippen LogP contribution in [-0.2, 0) is 0 Å². The van der Waals surface area contributed by atoms with Gasteiger partial charge >= 0.3 is 6.03 Å². The number of carbonyl (C=O) groups excluding carboxylic acids is 1. The number of nitrogens with zero attached hydrogens (tertiary/aromatic N) is 6. The Balaban J connectivity index is 1.31. The van der Waals surface area contributed by atoms with Crippen molar-refractivity contribution in [1.29, 1.82) is 0 Å². The molecule has 2 aliphatic heterocycles. The van der Waals surface area contributed by atoms with Gasteiger partial charge in [0, 0.05) is 44.4 Å². The van der Waals surface area contributed by atoms with Gasteiger partial charge in [0.15, 0.2) is 11.6 Å². The number of hydrogen-bond donors (Lipinski definition) is 1. The van der Waals surface area contributed by atoms with Crippen LogP contribution in [0.15, 0.2) is 30.6 Å². The average molecular weight is 459 g/mol. The first kappa shape index (κ1) is 22.8. The van der Waals surface area contributed by atoms with Crippen molar-refractivity contribution in [2.75, 3.05) is 51.6 Å². The Kier molecular flexibility index (Phi) is 6.94. The van der Waals surface area contributed by atoms with Crippen LogP contribution >= 0.6 is 0 Å². The second-order valence-electron chi connectivity index (χ2n) is 8.20. The summed E-state index contributed by atoms with van der Waals surface area (Å²) in [5.41, 5.74) is -0.383. The molecule has 1 N–H and O–H groups in total. The highest BCUT2D eigenvalue weighted by Crippen LogP contribution is 2.27. The Labute approximate surface area is 190 Å². The minimum absolute atomic E-state index is 0.000129. The van der Waals surface area contributed by atoms with E-state index in [0.717, 1.165) is 57.2 Å². The lowest BCUT2D eigenvalue weighted by Gasteiger charge is -2.42. The van der Waals surface area contributed by atoms with Gasteiger partial charge in [0.05, 0.1) is 11.0 Å². The molecule has 0 radical (unpaired) electrons. The fourth-order valence-corrected chi connectivity index (χ4v) is 4.10. The van der Waals surface area contributed by atoms with Gasteiger partial charge in [0.1, 0.15) is 12.1 Å². The number of hydrogen-bond acceptors (Lipinski definition) is 8. The number of amides is 2. The number of urea groups is 1. The van der Waals surface area contributed by atoms with E-state index in [1.54, 1.807) is 4.90 Å². The number of carbonyl (C=O) groups is 1. The zero-order valence-electron chi connectivity index (χ0n) is 18.3. The Morgan fingerprint density at radius 3 is 2.55 bits per heavy atom. The second kappa shape index (κ2) is 10.0. The van der Waals surface area contributed by atoms with Crippen molar-refractivity contribution in [3.05, 3.63) is 46.5 Å². The quantitative estimate of drug-likeness (QED) is 0.536. The fraction of sp³-hybridized carbons (Fsp3) is 0.476. The van der Waals surface area contributed by atoms with Gasteiger partial charge in [-0.05, 0) is 39.0 Å². The molecular weight excluding hydrogens is 433 g/mol.